The van der Waals surface area contributed by atoms with Crippen LogP contribution in [0.4, 0.5) is 8.78 Å². The average Bonchev–Trinajstić information content (AvgIpc) is 2.08. The summed E-state index contributed by atoms with van der Waals surface area (Å²) in [6.07, 6.45) is 0. The van der Waals surface area contributed by atoms with Crippen molar-refractivity contribution in [3.63, 3.8) is 0 Å². The first-order chi connectivity index (χ1) is 6.35. The summed E-state index contributed by atoms with van der Waals surface area (Å²) in [4.78, 5) is 10.3. The highest BCUT2D eigenvalue weighted by Crippen LogP contribution is 2.34. The first kappa shape index (κ1) is 11.1. The first-order valence-electron chi connectivity index (χ1n) is 3.73. The lowest BCUT2D eigenvalue weighted by Gasteiger charge is -2.13. The molecular formula is C9H7BrF2O2. The summed E-state index contributed by atoms with van der Waals surface area (Å²) in [6.45, 7) is 1.62. The molecule has 0 aromatic heterocycles. The Hall–Kier alpha value is -0.970. The fourth-order valence-corrected chi connectivity index (χ4v) is 1.49. The van der Waals surface area contributed by atoms with Gasteiger partial charge in [0, 0.05) is 10.0 Å². The van der Waals surface area contributed by atoms with Gasteiger partial charge in [-0.2, -0.15) is 8.78 Å². The SMILES string of the molecule is Cc1ccc(Br)c(C(F)(F)C(=O)O)c1. The number of carboxylic acids is 1. The van der Waals surface area contributed by atoms with Crippen LogP contribution in [-0.2, 0) is 10.7 Å². The van der Waals surface area contributed by atoms with Crippen molar-refractivity contribution in [3.05, 3.63) is 33.8 Å². The van der Waals surface area contributed by atoms with Gasteiger partial charge in [-0.15, -0.1) is 0 Å². The Labute approximate surface area is 87.7 Å². The number of halogens is 3. The smallest absolute Gasteiger partial charge is 0.379 e. The van der Waals surface area contributed by atoms with Gasteiger partial charge in [0.05, 0.1) is 0 Å². The zero-order chi connectivity index (χ0) is 10.9. The number of rotatable bonds is 2. The van der Waals surface area contributed by atoms with Crippen molar-refractivity contribution in [3.8, 4) is 0 Å². The molecule has 0 bridgehead atoms. The zero-order valence-corrected chi connectivity index (χ0v) is 8.81. The molecule has 76 valence electrons. The fourth-order valence-electron chi connectivity index (χ4n) is 0.995. The van der Waals surface area contributed by atoms with Gasteiger partial charge in [-0.3, -0.25) is 0 Å². The molecule has 2 nitrogen and oxygen atoms in total. The van der Waals surface area contributed by atoms with Gasteiger partial charge >= 0.3 is 11.9 Å². The van der Waals surface area contributed by atoms with E-state index in [4.69, 9.17) is 5.11 Å². The molecule has 0 amide bonds. The average molecular weight is 265 g/mol. The van der Waals surface area contributed by atoms with Gasteiger partial charge in [0.2, 0.25) is 0 Å². The maximum atomic E-state index is 13.1. The van der Waals surface area contributed by atoms with Crippen molar-refractivity contribution >= 4 is 21.9 Å². The van der Waals surface area contributed by atoms with E-state index in [0.717, 1.165) is 6.07 Å². The number of carbonyl (C=O) groups is 1. The third kappa shape index (κ3) is 1.92. The van der Waals surface area contributed by atoms with Gasteiger partial charge in [-0.25, -0.2) is 4.79 Å². The highest BCUT2D eigenvalue weighted by Gasteiger charge is 2.42. The van der Waals surface area contributed by atoms with Crippen molar-refractivity contribution in [2.45, 2.75) is 12.8 Å². The minimum atomic E-state index is -3.86. The molecule has 1 N–H and O–H groups in total. The Morgan fingerprint density at radius 1 is 1.50 bits per heavy atom. The van der Waals surface area contributed by atoms with E-state index in [9.17, 15) is 13.6 Å². The molecule has 0 aliphatic carbocycles. The van der Waals surface area contributed by atoms with Gasteiger partial charge < -0.3 is 5.11 Å². The lowest BCUT2D eigenvalue weighted by molar-refractivity contribution is -0.166. The molecule has 0 aliphatic rings. The normalized spacial score (nSPS) is 11.4. The van der Waals surface area contributed by atoms with E-state index in [2.05, 4.69) is 15.9 Å². The minimum absolute atomic E-state index is 0.0931. The molecule has 0 saturated carbocycles. The van der Waals surface area contributed by atoms with E-state index >= 15 is 0 Å². The maximum absolute atomic E-state index is 13.1. The topological polar surface area (TPSA) is 37.3 Å². The van der Waals surface area contributed by atoms with Gasteiger partial charge in [0.1, 0.15) is 0 Å². The van der Waals surface area contributed by atoms with Gasteiger partial charge in [0.25, 0.3) is 0 Å². The summed E-state index contributed by atoms with van der Waals surface area (Å²) in [5.41, 5.74) is 0.0640. The summed E-state index contributed by atoms with van der Waals surface area (Å²) in [5.74, 6) is -6.01. The van der Waals surface area contributed by atoms with E-state index in [-0.39, 0.29) is 4.47 Å². The van der Waals surface area contributed by atoms with Crippen LogP contribution in [0.3, 0.4) is 0 Å². The summed E-state index contributed by atoms with van der Waals surface area (Å²) in [6, 6.07) is 4.17. The van der Waals surface area contributed by atoms with E-state index in [0.29, 0.717) is 5.56 Å². The van der Waals surface area contributed by atoms with Crippen LogP contribution in [0, 0.1) is 6.92 Å². The molecule has 0 fully saturated rings. The fraction of sp³-hybridized carbons (Fsp3) is 0.222. The zero-order valence-electron chi connectivity index (χ0n) is 7.22. The monoisotopic (exact) mass is 264 g/mol. The molecule has 0 heterocycles. The minimum Gasteiger partial charge on any atom is -0.477 e. The second-order valence-electron chi connectivity index (χ2n) is 2.86. The molecule has 0 spiro atoms. The molecule has 1 aromatic rings. The van der Waals surface area contributed by atoms with Crippen molar-refractivity contribution < 1.29 is 18.7 Å². The molecule has 0 radical (unpaired) electrons. The Bertz CT molecular complexity index is 377. The van der Waals surface area contributed by atoms with E-state index in [1.807, 2.05) is 0 Å². The van der Waals surface area contributed by atoms with E-state index < -0.39 is 17.5 Å². The Kier molecular flexibility index (Phi) is 2.89. The van der Waals surface area contributed by atoms with Crippen LogP contribution in [0.2, 0.25) is 0 Å². The van der Waals surface area contributed by atoms with Crippen LogP contribution < -0.4 is 0 Å². The molecule has 0 unspecified atom stereocenters. The van der Waals surface area contributed by atoms with Crippen molar-refractivity contribution in [2.75, 3.05) is 0 Å². The molecular weight excluding hydrogens is 258 g/mol. The molecule has 0 saturated heterocycles. The van der Waals surface area contributed by atoms with Crippen molar-refractivity contribution in [1.82, 2.24) is 0 Å². The summed E-state index contributed by atoms with van der Waals surface area (Å²) >= 11 is 2.89. The third-order valence-electron chi connectivity index (χ3n) is 1.73. The highest BCUT2D eigenvalue weighted by molar-refractivity contribution is 9.10. The van der Waals surface area contributed by atoms with Crippen molar-refractivity contribution in [2.24, 2.45) is 0 Å². The van der Waals surface area contributed by atoms with Crippen LogP contribution in [0.25, 0.3) is 0 Å². The Balaban J connectivity index is 3.31. The molecule has 1 aromatic carbocycles. The number of aryl methyl sites for hydroxylation is 1. The lowest BCUT2D eigenvalue weighted by atomic mass is 10.1. The van der Waals surface area contributed by atoms with Crippen LogP contribution in [0.5, 0.6) is 0 Å². The predicted molar refractivity (Wildman–Crippen MR) is 50.4 cm³/mol. The number of carboxylic acid groups (broad SMARTS) is 1. The first-order valence-corrected chi connectivity index (χ1v) is 4.53. The van der Waals surface area contributed by atoms with Gasteiger partial charge in [0.15, 0.2) is 0 Å². The lowest BCUT2D eigenvalue weighted by Crippen LogP contribution is -2.25. The highest BCUT2D eigenvalue weighted by atomic mass is 79.9. The second-order valence-corrected chi connectivity index (χ2v) is 3.72. The Morgan fingerprint density at radius 3 is 2.57 bits per heavy atom. The quantitative estimate of drug-likeness (QED) is 0.892. The van der Waals surface area contributed by atoms with E-state index in [1.54, 1.807) is 13.0 Å². The third-order valence-corrected chi connectivity index (χ3v) is 2.42. The molecule has 14 heavy (non-hydrogen) atoms. The summed E-state index contributed by atoms with van der Waals surface area (Å²) < 4.78 is 26.3. The molecule has 0 aliphatic heterocycles. The molecule has 0 atom stereocenters. The van der Waals surface area contributed by atoms with Crippen LogP contribution in [-0.4, -0.2) is 11.1 Å². The maximum Gasteiger partial charge on any atom is 0.379 e. The predicted octanol–water partition coefficient (Wildman–Crippen LogP) is 2.93. The van der Waals surface area contributed by atoms with Crippen LogP contribution in [0.15, 0.2) is 22.7 Å². The Morgan fingerprint density at radius 2 is 2.07 bits per heavy atom. The largest absolute Gasteiger partial charge is 0.477 e. The second kappa shape index (κ2) is 3.65. The number of hydrogen-bond acceptors (Lipinski definition) is 1. The summed E-state index contributed by atoms with van der Waals surface area (Å²) in [5, 5.41) is 8.34. The molecule has 5 heteroatoms. The van der Waals surface area contributed by atoms with Crippen LogP contribution in [0.1, 0.15) is 11.1 Å². The molecule has 1 rings (SSSR count). The van der Waals surface area contributed by atoms with Gasteiger partial charge in [-0.05, 0) is 19.1 Å². The van der Waals surface area contributed by atoms with Gasteiger partial charge in [-0.1, -0.05) is 27.6 Å². The number of benzene rings is 1. The number of alkyl halides is 2. The van der Waals surface area contributed by atoms with Crippen LogP contribution >= 0.6 is 15.9 Å². The standard InChI is InChI=1S/C9H7BrF2O2/c1-5-2-3-7(10)6(4-5)9(11,12)8(13)14/h2-4H,1H3,(H,13,14). The number of hydrogen-bond donors (Lipinski definition) is 1. The summed E-state index contributed by atoms with van der Waals surface area (Å²) in [7, 11) is 0. The van der Waals surface area contributed by atoms with E-state index in [1.165, 1.54) is 6.07 Å². The van der Waals surface area contributed by atoms with Crippen molar-refractivity contribution in [1.29, 1.82) is 0 Å². The number of aliphatic carboxylic acids is 1.